The van der Waals surface area contributed by atoms with Crippen LogP contribution < -0.4 is 15.4 Å². The van der Waals surface area contributed by atoms with E-state index in [1.54, 1.807) is 19.0 Å². The lowest BCUT2D eigenvalue weighted by Crippen LogP contribution is -2.39. The van der Waals surface area contributed by atoms with Gasteiger partial charge < -0.3 is 20.3 Å². The van der Waals surface area contributed by atoms with Crippen molar-refractivity contribution in [2.75, 3.05) is 40.3 Å². The number of guanidine groups is 1. The summed E-state index contributed by atoms with van der Waals surface area (Å²) >= 11 is 0. The normalized spacial score (nSPS) is 10.6. The Balaban J connectivity index is 0.00000529. The van der Waals surface area contributed by atoms with Gasteiger partial charge in [-0.2, -0.15) is 0 Å². The first-order valence-corrected chi connectivity index (χ1v) is 7.94. The monoisotopic (exact) mass is 448 g/mol. The topological polar surface area (TPSA) is 66.0 Å². The van der Waals surface area contributed by atoms with E-state index in [-0.39, 0.29) is 29.9 Å². The van der Waals surface area contributed by atoms with Crippen molar-refractivity contribution in [1.82, 2.24) is 15.5 Å². The summed E-state index contributed by atoms with van der Waals surface area (Å²) in [6.07, 6.45) is 0.406. The maximum absolute atomic E-state index is 11.5. The van der Waals surface area contributed by atoms with Crippen molar-refractivity contribution in [1.29, 1.82) is 0 Å². The number of aliphatic imine (C=N–C) groups is 1. The minimum atomic E-state index is 0. The Morgan fingerprint density at radius 2 is 1.88 bits per heavy atom. The van der Waals surface area contributed by atoms with Gasteiger partial charge in [0.1, 0.15) is 12.4 Å². The van der Waals surface area contributed by atoms with Gasteiger partial charge in [0.2, 0.25) is 5.91 Å². The minimum Gasteiger partial charge on any atom is -0.492 e. The molecule has 0 atom stereocenters. The number of ether oxygens (including phenoxy) is 1. The second kappa shape index (κ2) is 12.9. The van der Waals surface area contributed by atoms with Crippen molar-refractivity contribution < 1.29 is 9.53 Å². The fourth-order valence-corrected chi connectivity index (χ4v) is 1.80. The summed E-state index contributed by atoms with van der Waals surface area (Å²) < 4.78 is 5.66. The van der Waals surface area contributed by atoms with Gasteiger partial charge in [-0.05, 0) is 26.0 Å². The number of aryl methyl sites for hydroxylation is 1. The van der Waals surface area contributed by atoms with Crippen molar-refractivity contribution in [3.63, 3.8) is 0 Å². The summed E-state index contributed by atoms with van der Waals surface area (Å²) in [7, 11) is 3.50. The third-order valence-electron chi connectivity index (χ3n) is 3.12. The second-order valence-corrected chi connectivity index (χ2v) is 5.39. The maximum Gasteiger partial charge on any atom is 0.223 e. The molecule has 0 unspecified atom stereocenters. The Bertz CT molecular complexity index is 504. The van der Waals surface area contributed by atoms with E-state index in [9.17, 15) is 4.79 Å². The first-order valence-electron chi connectivity index (χ1n) is 7.94. The van der Waals surface area contributed by atoms with E-state index in [0.29, 0.717) is 32.1 Å². The zero-order valence-corrected chi connectivity index (χ0v) is 17.3. The fourth-order valence-electron chi connectivity index (χ4n) is 1.80. The average molecular weight is 448 g/mol. The smallest absolute Gasteiger partial charge is 0.223 e. The SMILES string of the molecule is CCNC(=NCCC(=O)N(C)C)NCCOc1ccc(C)cc1.I. The van der Waals surface area contributed by atoms with E-state index < -0.39 is 0 Å². The van der Waals surface area contributed by atoms with Crippen LogP contribution in [0.3, 0.4) is 0 Å². The lowest BCUT2D eigenvalue weighted by atomic mass is 10.2. The molecule has 0 heterocycles. The number of halogens is 1. The molecule has 0 spiro atoms. The van der Waals surface area contributed by atoms with Gasteiger partial charge in [-0.25, -0.2) is 0 Å². The van der Waals surface area contributed by atoms with Crippen LogP contribution >= 0.6 is 24.0 Å². The van der Waals surface area contributed by atoms with Crippen LogP contribution in [0.25, 0.3) is 0 Å². The van der Waals surface area contributed by atoms with E-state index in [2.05, 4.69) is 15.6 Å². The first kappa shape index (κ1) is 22.5. The van der Waals surface area contributed by atoms with Crippen LogP contribution in [-0.4, -0.2) is 57.1 Å². The van der Waals surface area contributed by atoms with Crippen LogP contribution in [0, 0.1) is 6.92 Å². The predicted octanol–water partition coefficient (Wildman–Crippen LogP) is 2.03. The van der Waals surface area contributed by atoms with Crippen molar-refractivity contribution in [3.05, 3.63) is 29.8 Å². The van der Waals surface area contributed by atoms with E-state index >= 15 is 0 Å². The average Bonchev–Trinajstić information content (AvgIpc) is 2.52. The van der Waals surface area contributed by atoms with Gasteiger partial charge in [0.15, 0.2) is 5.96 Å². The molecule has 0 saturated heterocycles. The van der Waals surface area contributed by atoms with Crippen LogP contribution in [0.5, 0.6) is 5.75 Å². The van der Waals surface area contributed by atoms with Gasteiger partial charge in [0.25, 0.3) is 0 Å². The molecule has 6 nitrogen and oxygen atoms in total. The Hall–Kier alpha value is -1.51. The standard InChI is InChI=1S/C17H28N4O2.HI/c1-5-18-17(19-11-10-16(22)21(3)4)20-12-13-23-15-8-6-14(2)7-9-15;/h6-9H,5,10-13H2,1-4H3,(H2,18,19,20);1H. The largest absolute Gasteiger partial charge is 0.492 e. The molecule has 24 heavy (non-hydrogen) atoms. The molecule has 136 valence electrons. The number of benzene rings is 1. The molecule has 0 radical (unpaired) electrons. The molecule has 0 saturated carbocycles. The van der Waals surface area contributed by atoms with Crippen molar-refractivity contribution in [2.24, 2.45) is 4.99 Å². The summed E-state index contributed by atoms with van der Waals surface area (Å²) in [6.45, 7) is 6.47. The molecule has 0 aromatic heterocycles. The van der Waals surface area contributed by atoms with Gasteiger partial charge in [-0.15, -0.1) is 24.0 Å². The molecular formula is C17H29IN4O2. The van der Waals surface area contributed by atoms with Crippen LogP contribution in [0.1, 0.15) is 18.9 Å². The highest BCUT2D eigenvalue weighted by molar-refractivity contribution is 14.0. The number of nitrogens with zero attached hydrogens (tertiary/aromatic N) is 2. The van der Waals surface area contributed by atoms with Crippen molar-refractivity contribution in [2.45, 2.75) is 20.3 Å². The zero-order chi connectivity index (χ0) is 17.1. The fraction of sp³-hybridized carbons (Fsp3) is 0.529. The number of hydrogen-bond acceptors (Lipinski definition) is 3. The van der Waals surface area contributed by atoms with Crippen molar-refractivity contribution in [3.8, 4) is 5.75 Å². The second-order valence-electron chi connectivity index (χ2n) is 5.39. The number of amides is 1. The van der Waals surface area contributed by atoms with Crippen LogP contribution in [0.15, 0.2) is 29.3 Å². The molecule has 0 aliphatic heterocycles. The first-order chi connectivity index (χ1) is 11.0. The molecule has 0 fully saturated rings. The van der Waals surface area contributed by atoms with Crippen LogP contribution in [0.4, 0.5) is 0 Å². The maximum atomic E-state index is 11.5. The number of carbonyl (C=O) groups excluding carboxylic acids is 1. The van der Waals surface area contributed by atoms with E-state index in [4.69, 9.17) is 4.74 Å². The molecular weight excluding hydrogens is 419 g/mol. The Kier molecular flexibility index (Phi) is 12.0. The highest BCUT2D eigenvalue weighted by Crippen LogP contribution is 2.10. The quantitative estimate of drug-likeness (QED) is 0.277. The molecule has 2 N–H and O–H groups in total. The summed E-state index contributed by atoms with van der Waals surface area (Å²) in [5.41, 5.74) is 1.21. The van der Waals surface area contributed by atoms with E-state index in [1.165, 1.54) is 5.56 Å². The number of hydrogen-bond donors (Lipinski definition) is 2. The van der Waals surface area contributed by atoms with Crippen molar-refractivity contribution >= 4 is 35.8 Å². The minimum absolute atomic E-state index is 0. The summed E-state index contributed by atoms with van der Waals surface area (Å²) in [5.74, 6) is 1.63. The third kappa shape index (κ3) is 9.59. The van der Waals surface area contributed by atoms with E-state index in [1.807, 2.05) is 38.1 Å². The summed E-state index contributed by atoms with van der Waals surface area (Å²) in [4.78, 5) is 17.5. The van der Waals surface area contributed by atoms with Gasteiger partial charge in [-0.1, -0.05) is 17.7 Å². The van der Waals surface area contributed by atoms with E-state index in [0.717, 1.165) is 12.3 Å². The van der Waals surface area contributed by atoms with Gasteiger partial charge in [0, 0.05) is 27.1 Å². The molecule has 1 aromatic rings. The molecule has 7 heteroatoms. The molecule has 0 aliphatic rings. The number of carbonyl (C=O) groups is 1. The summed E-state index contributed by atoms with van der Waals surface area (Å²) in [6, 6.07) is 7.97. The lowest BCUT2D eigenvalue weighted by Gasteiger charge is -2.13. The number of rotatable bonds is 8. The molecule has 1 rings (SSSR count). The van der Waals surface area contributed by atoms with Gasteiger partial charge >= 0.3 is 0 Å². The molecule has 0 aliphatic carbocycles. The van der Waals surface area contributed by atoms with Crippen LogP contribution in [-0.2, 0) is 4.79 Å². The van der Waals surface area contributed by atoms with Gasteiger partial charge in [-0.3, -0.25) is 9.79 Å². The highest BCUT2D eigenvalue weighted by Gasteiger charge is 2.03. The molecule has 0 bridgehead atoms. The predicted molar refractivity (Wildman–Crippen MR) is 109 cm³/mol. The molecule has 1 amide bonds. The lowest BCUT2D eigenvalue weighted by molar-refractivity contribution is -0.128. The third-order valence-corrected chi connectivity index (χ3v) is 3.12. The molecule has 1 aromatic carbocycles. The Labute approximate surface area is 162 Å². The van der Waals surface area contributed by atoms with Gasteiger partial charge in [0.05, 0.1) is 13.1 Å². The Morgan fingerprint density at radius 1 is 1.21 bits per heavy atom. The summed E-state index contributed by atoms with van der Waals surface area (Å²) in [5, 5.41) is 6.34. The Morgan fingerprint density at radius 3 is 2.46 bits per heavy atom. The highest BCUT2D eigenvalue weighted by atomic mass is 127. The van der Waals surface area contributed by atoms with Crippen LogP contribution in [0.2, 0.25) is 0 Å². The zero-order valence-electron chi connectivity index (χ0n) is 15.0. The number of nitrogens with one attached hydrogen (secondary N) is 2.